The van der Waals surface area contributed by atoms with Gasteiger partial charge in [0.25, 0.3) is 0 Å². The van der Waals surface area contributed by atoms with E-state index < -0.39 is 6.09 Å². The molecule has 3 rings (SSSR count). The summed E-state index contributed by atoms with van der Waals surface area (Å²) < 4.78 is 1.77. The van der Waals surface area contributed by atoms with Crippen LogP contribution in [0.2, 0.25) is 0 Å². The quantitative estimate of drug-likeness (QED) is 0.774. The Morgan fingerprint density at radius 2 is 2.15 bits per heavy atom. The topological polar surface area (TPSA) is 113 Å². The summed E-state index contributed by atoms with van der Waals surface area (Å²) in [5.41, 5.74) is 8.94. The highest BCUT2D eigenvalue weighted by atomic mass is 16.4. The third-order valence-corrected chi connectivity index (χ3v) is 4.64. The van der Waals surface area contributed by atoms with Crippen molar-refractivity contribution in [2.24, 2.45) is 5.73 Å². The molecule has 0 spiro atoms. The van der Waals surface area contributed by atoms with Gasteiger partial charge in [-0.15, -0.1) is 0 Å². The number of nitrogens with two attached hydrogens (primary N) is 1. The number of hydrogen-bond donors (Lipinski definition) is 3. The monoisotopic (exact) mass is 357 g/mol. The molecule has 8 heteroatoms. The van der Waals surface area contributed by atoms with Crippen LogP contribution in [0.4, 0.5) is 10.5 Å². The number of anilines is 1. The summed E-state index contributed by atoms with van der Waals surface area (Å²) in [6.07, 6.45) is 3.10. The molecule has 0 saturated carbocycles. The molecular weight excluding hydrogens is 334 g/mol. The van der Waals surface area contributed by atoms with E-state index >= 15 is 0 Å². The summed E-state index contributed by atoms with van der Waals surface area (Å²) in [5.74, 6) is -0.0592. The first-order valence-electron chi connectivity index (χ1n) is 8.56. The van der Waals surface area contributed by atoms with Gasteiger partial charge in [-0.2, -0.15) is 5.10 Å². The van der Waals surface area contributed by atoms with Crippen LogP contribution in [0.3, 0.4) is 0 Å². The second kappa shape index (κ2) is 7.17. The average molecular weight is 357 g/mol. The number of aromatic nitrogens is 2. The van der Waals surface area contributed by atoms with Gasteiger partial charge in [-0.05, 0) is 36.6 Å². The van der Waals surface area contributed by atoms with Crippen LogP contribution < -0.4 is 16.0 Å². The number of rotatable bonds is 4. The zero-order valence-electron chi connectivity index (χ0n) is 14.8. The zero-order chi connectivity index (χ0) is 18.8. The lowest BCUT2D eigenvalue weighted by atomic mass is 9.89. The molecular formula is C18H23N5O3. The van der Waals surface area contributed by atoms with Crippen molar-refractivity contribution < 1.29 is 14.7 Å². The molecule has 1 aliphatic heterocycles. The second-order valence-corrected chi connectivity index (χ2v) is 6.53. The summed E-state index contributed by atoms with van der Waals surface area (Å²) in [7, 11) is 0. The van der Waals surface area contributed by atoms with Crippen molar-refractivity contribution in [2.45, 2.75) is 38.9 Å². The predicted molar refractivity (Wildman–Crippen MR) is 97.9 cm³/mol. The number of carbonyl (C=O) groups excluding carboxylic acids is 1. The Hall–Kier alpha value is -2.87. The van der Waals surface area contributed by atoms with Gasteiger partial charge >= 0.3 is 6.09 Å². The summed E-state index contributed by atoms with van der Waals surface area (Å²) >= 11 is 0. The molecule has 138 valence electrons. The fraction of sp³-hybridized carbons (Fsp3) is 0.389. The maximum atomic E-state index is 12.1. The van der Waals surface area contributed by atoms with Crippen molar-refractivity contribution in [3.63, 3.8) is 0 Å². The van der Waals surface area contributed by atoms with Crippen molar-refractivity contribution in [2.75, 3.05) is 11.4 Å². The number of nitrogens with one attached hydrogen (secondary N) is 1. The van der Waals surface area contributed by atoms with Crippen molar-refractivity contribution >= 4 is 17.7 Å². The van der Waals surface area contributed by atoms with E-state index in [1.54, 1.807) is 15.8 Å². The van der Waals surface area contributed by atoms with E-state index in [-0.39, 0.29) is 18.0 Å². The minimum absolute atomic E-state index is 0.0592. The smallest absolute Gasteiger partial charge is 0.405 e. The van der Waals surface area contributed by atoms with Gasteiger partial charge in [0.2, 0.25) is 5.91 Å². The molecule has 2 heterocycles. The van der Waals surface area contributed by atoms with E-state index in [4.69, 9.17) is 5.73 Å². The number of carbonyl (C=O) groups is 2. The molecule has 26 heavy (non-hydrogen) atoms. The Balaban J connectivity index is 2.04. The predicted octanol–water partition coefficient (Wildman–Crippen LogP) is 1.96. The first-order chi connectivity index (χ1) is 12.4. The van der Waals surface area contributed by atoms with Crippen molar-refractivity contribution in [1.82, 2.24) is 15.1 Å². The summed E-state index contributed by atoms with van der Waals surface area (Å²) in [6, 6.07) is 5.27. The lowest BCUT2D eigenvalue weighted by Crippen LogP contribution is -2.45. The molecule has 8 nitrogen and oxygen atoms in total. The molecule has 0 fully saturated rings. The molecule has 2 aromatic rings. The first-order valence-corrected chi connectivity index (χ1v) is 8.56. The number of fused-ring (bicyclic) bond motifs is 1. The van der Waals surface area contributed by atoms with Crippen LogP contribution in [0.1, 0.15) is 31.9 Å². The van der Waals surface area contributed by atoms with Gasteiger partial charge in [-0.3, -0.25) is 9.48 Å². The molecule has 1 aliphatic rings. The van der Waals surface area contributed by atoms with Crippen LogP contribution in [-0.2, 0) is 11.3 Å². The second-order valence-electron chi connectivity index (χ2n) is 6.53. The van der Waals surface area contributed by atoms with Crippen LogP contribution in [0.15, 0.2) is 30.6 Å². The number of amides is 2. The fourth-order valence-electron chi connectivity index (χ4n) is 3.58. The Kier molecular flexibility index (Phi) is 4.94. The first kappa shape index (κ1) is 17.9. The molecule has 2 amide bonds. The van der Waals surface area contributed by atoms with Gasteiger partial charge in [0.05, 0.1) is 18.8 Å². The van der Waals surface area contributed by atoms with Gasteiger partial charge in [-0.1, -0.05) is 6.07 Å². The van der Waals surface area contributed by atoms with Gasteiger partial charge in [0, 0.05) is 37.0 Å². The highest BCUT2D eigenvalue weighted by Gasteiger charge is 2.33. The Morgan fingerprint density at radius 1 is 1.38 bits per heavy atom. The standard InChI is InChI=1S/C18H23N5O3/c1-11-7-16(21-18(25)26)15-8-13(3-4-17(15)23(11)12(2)24)14-9-20-22(10-14)6-5-19/h3-4,8-11,16,21H,5-7,19H2,1-2H3,(H,25,26)/t11-,16+/m0/s1. The molecule has 1 aromatic carbocycles. The van der Waals surface area contributed by atoms with Gasteiger partial charge < -0.3 is 21.1 Å². The van der Waals surface area contributed by atoms with Crippen LogP contribution in [0.5, 0.6) is 0 Å². The Bertz CT molecular complexity index is 832. The lowest BCUT2D eigenvalue weighted by molar-refractivity contribution is -0.117. The molecule has 0 unspecified atom stereocenters. The van der Waals surface area contributed by atoms with Crippen LogP contribution in [0, 0.1) is 0 Å². The van der Waals surface area contributed by atoms with Gasteiger partial charge in [-0.25, -0.2) is 4.79 Å². The normalized spacial score (nSPS) is 19.1. The number of hydrogen-bond acceptors (Lipinski definition) is 4. The van der Waals surface area contributed by atoms with Crippen molar-refractivity contribution in [3.8, 4) is 11.1 Å². The van der Waals surface area contributed by atoms with Crippen LogP contribution in [0.25, 0.3) is 11.1 Å². The molecule has 0 bridgehead atoms. The Morgan fingerprint density at radius 3 is 2.81 bits per heavy atom. The van der Waals surface area contributed by atoms with Crippen molar-refractivity contribution in [1.29, 1.82) is 0 Å². The van der Waals surface area contributed by atoms with Crippen molar-refractivity contribution in [3.05, 3.63) is 36.2 Å². The maximum absolute atomic E-state index is 12.1. The van der Waals surface area contributed by atoms with Gasteiger partial charge in [0.15, 0.2) is 0 Å². The largest absolute Gasteiger partial charge is 0.465 e. The van der Waals surface area contributed by atoms with E-state index in [9.17, 15) is 14.7 Å². The van der Waals surface area contributed by atoms with E-state index in [0.29, 0.717) is 19.5 Å². The summed E-state index contributed by atoms with van der Waals surface area (Å²) in [6.45, 7) is 4.58. The van der Waals surface area contributed by atoms with E-state index in [1.807, 2.05) is 31.3 Å². The third-order valence-electron chi connectivity index (χ3n) is 4.64. The SMILES string of the molecule is CC(=O)N1c2ccc(-c3cnn(CCN)c3)cc2[C@H](NC(=O)O)C[C@@H]1C. The highest BCUT2D eigenvalue weighted by molar-refractivity contribution is 5.94. The molecule has 0 saturated heterocycles. The van der Waals surface area contributed by atoms with Crippen LogP contribution >= 0.6 is 0 Å². The number of benzene rings is 1. The maximum Gasteiger partial charge on any atom is 0.405 e. The Labute approximate surface area is 151 Å². The summed E-state index contributed by atoms with van der Waals surface area (Å²) in [4.78, 5) is 25.0. The minimum atomic E-state index is -1.08. The molecule has 0 aliphatic carbocycles. The molecule has 2 atom stereocenters. The average Bonchev–Trinajstić information content (AvgIpc) is 3.02. The number of carboxylic acid groups (broad SMARTS) is 1. The zero-order valence-corrected chi connectivity index (χ0v) is 14.8. The van der Waals surface area contributed by atoms with Crippen LogP contribution in [-0.4, -0.2) is 39.5 Å². The van der Waals surface area contributed by atoms with E-state index in [1.165, 1.54) is 6.92 Å². The van der Waals surface area contributed by atoms with E-state index in [0.717, 1.165) is 22.4 Å². The minimum Gasteiger partial charge on any atom is -0.465 e. The van der Waals surface area contributed by atoms with Gasteiger partial charge in [0.1, 0.15) is 0 Å². The third kappa shape index (κ3) is 3.41. The summed E-state index contributed by atoms with van der Waals surface area (Å²) in [5, 5.41) is 16.0. The molecule has 4 N–H and O–H groups in total. The lowest BCUT2D eigenvalue weighted by Gasteiger charge is -2.39. The molecule has 0 radical (unpaired) electrons. The van der Waals surface area contributed by atoms with E-state index in [2.05, 4.69) is 10.4 Å². The number of nitrogens with zero attached hydrogens (tertiary/aromatic N) is 3. The highest BCUT2D eigenvalue weighted by Crippen LogP contribution is 2.39. The molecule has 1 aromatic heterocycles. The fourth-order valence-corrected chi connectivity index (χ4v) is 3.58.